The molecular weight excluding hydrogens is 428 g/mol. The van der Waals surface area contributed by atoms with Gasteiger partial charge in [0.15, 0.2) is 0 Å². The van der Waals surface area contributed by atoms with Crippen LogP contribution in [0.3, 0.4) is 0 Å². The summed E-state index contributed by atoms with van der Waals surface area (Å²) in [6.07, 6.45) is 1.15. The molecule has 3 aromatic rings. The minimum Gasteiger partial charge on any atom is -0.465 e. The number of hydrogen-bond acceptors (Lipinski definition) is 5. The molecule has 0 unspecified atom stereocenters. The number of rotatable bonds is 7. The number of aryl methyl sites for hydroxylation is 1. The van der Waals surface area contributed by atoms with Gasteiger partial charge in [-0.05, 0) is 55.0 Å². The Morgan fingerprint density at radius 2 is 1.59 bits per heavy atom. The van der Waals surface area contributed by atoms with Crippen molar-refractivity contribution in [1.29, 1.82) is 0 Å². The molecular formula is C24H24N2O5S. The van der Waals surface area contributed by atoms with Crippen molar-refractivity contribution in [3.05, 3.63) is 95.1 Å². The first kappa shape index (κ1) is 23.0. The van der Waals surface area contributed by atoms with E-state index in [0.717, 1.165) is 17.4 Å². The molecule has 0 saturated heterocycles. The van der Waals surface area contributed by atoms with E-state index in [1.165, 1.54) is 17.5 Å². The van der Waals surface area contributed by atoms with Crippen molar-refractivity contribution in [2.45, 2.75) is 13.5 Å². The first-order valence-corrected chi connectivity index (χ1v) is 11.7. The van der Waals surface area contributed by atoms with E-state index >= 15 is 0 Å². The molecule has 0 radical (unpaired) electrons. The normalized spacial score (nSPS) is 11.0. The first-order chi connectivity index (χ1) is 15.2. The number of benzene rings is 3. The molecule has 32 heavy (non-hydrogen) atoms. The van der Waals surface area contributed by atoms with E-state index in [-0.39, 0.29) is 12.5 Å². The third kappa shape index (κ3) is 5.73. The average molecular weight is 453 g/mol. The molecule has 0 aliphatic carbocycles. The maximum Gasteiger partial charge on any atom is 0.337 e. The lowest BCUT2D eigenvalue weighted by Crippen LogP contribution is -2.29. The lowest BCUT2D eigenvalue weighted by Gasteiger charge is -2.23. The van der Waals surface area contributed by atoms with Gasteiger partial charge < -0.3 is 10.1 Å². The van der Waals surface area contributed by atoms with Crippen molar-refractivity contribution >= 4 is 33.3 Å². The van der Waals surface area contributed by atoms with Crippen LogP contribution in [0.15, 0.2) is 72.8 Å². The van der Waals surface area contributed by atoms with E-state index in [9.17, 15) is 18.0 Å². The number of carbonyl (C=O) groups excluding carboxylic acids is 2. The molecule has 1 amide bonds. The topological polar surface area (TPSA) is 92.8 Å². The largest absolute Gasteiger partial charge is 0.465 e. The van der Waals surface area contributed by atoms with E-state index in [4.69, 9.17) is 0 Å². The Balaban J connectivity index is 1.78. The smallest absolute Gasteiger partial charge is 0.337 e. The fraction of sp³-hybridized carbons (Fsp3) is 0.167. The molecule has 0 saturated carbocycles. The molecule has 0 bridgehead atoms. The van der Waals surface area contributed by atoms with E-state index in [1.807, 2.05) is 31.2 Å². The van der Waals surface area contributed by atoms with Crippen LogP contribution in [0, 0.1) is 6.92 Å². The molecule has 3 rings (SSSR count). The summed E-state index contributed by atoms with van der Waals surface area (Å²) in [6, 6.07) is 20.3. The van der Waals surface area contributed by atoms with E-state index in [1.54, 1.807) is 42.5 Å². The second kappa shape index (κ2) is 9.65. The summed E-state index contributed by atoms with van der Waals surface area (Å²) in [4.78, 5) is 24.3. The Morgan fingerprint density at radius 3 is 2.19 bits per heavy atom. The molecule has 7 nitrogen and oxygen atoms in total. The molecule has 3 aromatic carbocycles. The summed E-state index contributed by atoms with van der Waals surface area (Å²) in [5.41, 5.74) is 3.51. The highest BCUT2D eigenvalue weighted by Crippen LogP contribution is 2.22. The zero-order valence-electron chi connectivity index (χ0n) is 18.0. The molecule has 8 heteroatoms. The van der Waals surface area contributed by atoms with Gasteiger partial charge in [-0.2, -0.15) is 0 Å². The molecule has 166 valence electrons. The van der Waals surface area contributed by atoms with Crippen LogP contribution in [0.5, 0.6) is 0 Å². The Morgan fingerprint density at radius 1 is 0.938 bits per heavy atom. The van der Waals surface area contributed by atoms with Gasteiger partial charge in [-0.1, -0.05) is 35.9 Å². The van der Waals surface area contributed by atoms with Crippen LogP contribution >= 0.6 is 0 Å². The number of ether oxygens (including phenoxy) is 1. The minimum atomic E-state index is -3.53. The van der Waals surface area contributed by atoms with Crippen molar-refractivity contribution in [3.63, 3.8) is 0 Å². The highest BCUT2D eigenvalue weighted by molar-refractivity contribution is 7.92. The van der Waals surface area contributed by atoms with E-state index < -0.39 is 16.0 Å². The first-order valence-electron chi connectivity index (χ1n) is 9.80. The van der Waals surface area contributed by atoms with Crippen molar-refractivity contribution < 1.29 is 22.7 Å². The van der Waals surface area contributed by atoms with Crippen molar-refractivity contribution in [2.75, 3.05) is 23.0 Å². The molecule has 0 spiro atoms. The molecule has 0 aliphatic heterocycles. The molecule has 0 aromatic heterocycles. The van der Waals surface area contributed by atoms with Gasteiger partial charge in [0.25, 0.3) is 5.91 Å². The number of amides is 1. The summed E-state index contributed by atoms with van der Waals surface area (Å²) in [7, 11) is -2.25. The van der Waals surface area contributed by atoms with Crippen LogP contribution in [0.4, 0.5) is 11.4 Å². The number of methoxy groups -OCH3 is 1. The van der Waals surface area contributed by atoms with E-state index in [2.05, 4.69) is 10.1 Å². The van der Waals surface area contributed by atoms with Crippen LogP contribution in [-0.2, 0) is 21.3 Å². The van der Waals surface area contributed by atoms with Gasteiger partial charge in [-0.3, -0.25) is 9.10 Å². The molecule has 0 heterocycles. The van der Waals surface area contributed by atoms with Crippen molar-refractivity contribution in [3.8, 4) is 0 Å². The minimum absolute atomic E-state index is 0.185. The van der Waals surface area contributed by atoms with Crippen molar-refractivity contribution in [2.24, 2.45) is 0 Å². The second-order valence-corrected chi connectivity index (χ2v) is 9.24. The third-order valence-corrected chi connectivity index (χ3v) is 5.95. The zero-order chi connectivity index (χ0) is 23.3. The highest BCUT2D eigenvalue weighted by Gasteiger charge is 2.18. The van der Waals surface area contributed by atoms with Crippen LogP contribution in [0.2, 0.25) is 0 Å². The predicted octanol–water partition coefficient (Wildman–Crippen LogP) is 4.00. The van der Waals surface area contributed by atoms with Crippen LogP contribution in [-0.4, -0.2) is 33.7 Å². The summed E-state index contributed by atoms with van der Waals surface area (Å²) < 4.78 is 30.7. The molecule has 0 atom stereocenters. The van der Waals surface area contributed by atoms with Crippen LogP contribution < -0.4 is 9.62 Å². The second-order valence-electron chi connectivity index (χ2n) is 7.33. The Bertz CT molecular complexity index is 1220. The number of sulfonamides is 1. The van der Waals surface area contributed by atoms with Gasteiger partial charge in [0, 0.05) is 11.3 Å². The molecule has 0 fully saturated rings. The SMILES string of the molecule is COC(=O)c1cccc(NC(=O)c2ccc(N(Cc3ccc(C)cc3)S(C)(=O)=O)cc2)c1. The van der Waals surface area contributed by atoms with Gasteiger partial charge >= 0.3 is 5.97 Å². The monoisotopic (exact) mass is 452 g/mol. The molecule has 0 aliphatic rings. The lowest BCUT2D eigenvalue weighted by atomic mass is 10.1. The van der Waals surface area contributed by atoms with Crippen molar-refractivity contribution in [1.82, 2.24) is 0 Å². The summed E-state index contributed by atoms with van der Waals surface area (Å²) in [5, 5.41) is 2.72. The number of carbonyl (C=O) groups is 2. The molecule has 1 N–H and O–H groups in total. The summed E-state index contributed by atoms with van der Waals surface area (Å²) in [5.74, 6) is -0.886. The number of nitrogens with zero attached hydrogens (tertiary/aromatic N) is 1. The number of anilines is 2. The fourth-order valence-corrected chi connectivity index (χ4v) is 3.97. The maximum absolute atomic E-state index is 12.6. The fourth-order valence-electron chi connectivity index (χ4n) is 3.08. The van der Waals surface area contributed by atoms with E-state index in [0.29, 0.717) is 22.5 Å². The summed E-state index contributed by atoms with van der Waals surface area (Å²) >= 11 is 0. The lowest BCUT2D eigenvalue weighted by molar-refractivity contribution is 0.0600. The highest BCUT2D eigenvalue weighted by atomic mass is 32.2. The van der Waals surface area contributed by atoms with Gasteiger partial charge in [-0.25, -0.2) is 13.2 Å². The van der Waals surface area contributed by atoms with Gasteiger partial charge in [0.1, 0.15) is 0 Å². The van der Waals surface area contributed by atoms with Gasteiger partial charge in [0.05, 0.1) is 31.2 Å². The average Bonchev–Trinajstić information content (AvgIpc) is 2.77. The number of nitrogens with one attached hydrogen (secondary N) is 1. The maximum atomic E-state index is 12.6. The number of hydrogen-bond donors (Lipinski definition) is 1. The van der Waals surface area contributed by atoms with Gasteiger partial charge in [0.2, 0.25) is 10.0 Å². The predicted molar refractivity (Wildman–Crippen MR) is 124 cm³/mol. The Kier molecular flexibility index (Phi) is 6.95. The van der Waals surface area contributed by atoms with Gasteiger partial charge in [-0.15, -0.1) is 0 Å². The number of esters is 1. The quantitative estimate of drug-likeness (QED) is 0.547. The third-order valence-electron chi connectivity index (χ3n) is 4.81. The zero-order valence-corrected chi connectivity index (χ0v) is 18.8. The van der Waals surface area contributed by atoms with Crippen LogP contribution in [0.1, 0.15) is 31.8 Å². The van der Waals surface area contributed by atoms with Crippen LogP contribution in [0.25, 0.3) is 0 Å². The standard InChI is InChI=1S/C24H24N2O5S/c1-17-7-9-18(10-8-17)16-26(32(3,29)30)22-13-11-19(12-14-22)23(27)25-21-6-4-5-20(15-21)24(28)31-2/h4-15H,16H2,1-3H3,(H,25,27). The Hall–Kier alpha value is -3.65. The summed E-state index contributed by atoms with van der Waals surface area (Å²) in [6.45, 7) is 2.15. The Labute approximate surface area is 187 Å².